The Balaban J connectivity index is 3.18. The lowest BCUT2D eigenvalue weighted by Gasteiger charge is -2.35. The van der Waals surface area contributed by atoms with Gasteiger partial charge < -0.3 is 9.47 Å². The summed E-state index contributed by atoms with van der Waals surface area (Å²) >= 11 is 0. The van der Waals surface area contributed by atoms with Crippen molar-refractivity contribution in [2.75, 3.05) is 5.75 Å². The Hall–Kier alpha value is -2.42. The van der Waals surface area contributed by atoms with Gasteiger partial charge >= 0.3 is 29.9 Å². The number of hydrogen-bond donors (Lipinski definition) is 1. The van der Waals surface area contributed by atoms with Crippen molar-refractivity contribution in [1.82, 2.24) is 0 Å². The van der Waals surface area contributed by atoms with E-state index >= 15 is 0 Å². The maximum absolute atomic E-state index is 13.1. The fourth-order valence-electron chi connectivity index (χ4n) is 2.65. The van der Waals surface area contributed by atoms with Gasteiger partial charge in [-0.05, 0) is 11.0 Å². The minimum Gasteiger partial charge on any atom is -0.435 e. The topological polar surface area (TPSA) is 107 Å². The summed E-state index contributed by atoms with van der Waals surface area (Å²) in [4.78, 5) is 23.5. The monoisotopic (exact) mass is 486 g/mol. The van der Waals surface area contributed by atoms with Crippen molar-refractivity contribution in [3.8, 4) is 5.75 Å². The number of rotatable bonds is 7. The average Bonchev–Trinajstić information content (AvgIpc) is 2.58. The van der Waals surface area contributed by atoms with Crippen molar-refractivity contribution < 1.29 is 58.4 Å². The van der Waals surface area contributed by atoms with Gasteiger partial charge in [0.25, 0.3) is 10.1 Å². The largest absolute Gasteiger partial charge is 0.438 e. The zero-order chi connectivity index (χ0) is 25.1. The van der Waals surface area contributed by atoms with Crippen LogP contribution < -0.4 is 15.7 Å². The van der Waals surface area contributed by atoms with Crippen molar-refractivity contribution in [1.29, 1.82) is 0 Å². The molecule has 0 radical (unpaired) electrons. The Morgan fingerprint density at radius 2 is 1.50 bits per heavy atom. The molecule has 0 aliphatic heterocycles. The Bertz CT molecular complexity index is 1010. The molecule has 0 saturated heterocycles. The van der Waals surface area contributed by atoms with Gasteiger partial charge in [-0.15, -0.1) is 0 Å². The van der Waals surface area contributed by atoms with Crippen LogP contribution in [0.5, 0.6) is 5.75 Å². The summed E-state index contributed by atoms with van der Waals surface area (Å²) in [6.45, 7) is 0. The van der Waals surface area contributed by atoms with Crippen LogP contribution >= 0.6 is 0 Å². The van der Waals surface area contributed by atoms with Crippen LogP contribution in [0.2, 0.25) is 0 Å². The first kappa shape index (κ1) is 27.6. The maximum atomic E-state index is 13.1. The predicted molar refractivity (Wildman–Crippen MR) is 107 cm³/mol. The SMILES string of the molecule is BCc1cc(B)cc(B)c1OC(=O)/C=C/C(=O)OC(CS(=O)(=O)O)(C(F)(F)F)C(F)(F)F. The smallest absolute Gasteiger partial charge is 0.435 e. The van der Waals surface area contributed by atoms with E-state index in [1.54, 1.807) is 35.7 Å². The van der Waals surface area contributed by atoms with Crippen molar-refractivity contribution in [3.63, 3.8) is 0 Å². The van der Waals surface area contributed by atoms with Gasteiger partial charge in [0, 0.05) is 12.2 Å². The highest BCUT2D eigenvalue weighted by atomic mass is 32.2. The van der Waals surface area contributed by atoms with E-state index in [-0.39, 0.29) is 17.9 Å². The van der Waals surface area contributed by atoms with Gasteiger partial charge in [-0.3, -0.25) is 4.55 Å². The van der Waals surface area contributed by atoms with E-state index in [4.69, 9.17) is 9.29 Å². The van der Waals surface area contributed by atoms with Crippen molar-refractivity contribution in [2.45, 2.75) is 24.3 Å². The number of carbonyl (C=O) groups excluding carboxylic acids is 2. The molecule has 0 heterocycles. The molecule has 17 heteroatoms. The molecule has 32 heavy (non-hydrogen) atoms. The van der Waals surface area contributed by atoms with Crippen LogP contribution in [-0.4, -0.2) is 72.2 Å². The summed E-state index contributed by atoms with van der Waals surface area (Å²) in [6.07, 6.45) is -12.4. The van der Waals surface area contributed by atoms with E-state index in [9.17, 15) is 44.3 Å². The number of ether oxygens (including phenoxy) is 2. The molecule has 0 aromatic heterocycles. The molecule has 174 valence electrons. The van der Waals surface area contributed by atoms with Gasteiger partial charge in [-0.25, -0.2) is 9.59 Å². The molecule has 0 unspecified atom stereocenters. The lowest BCUT2D eigenvalue weighted by Crippen LogP contribution is -2.63. The van der Waals surface area contributed by atoms with Crippen LogP contribution in [0.15, 0.2) is 24.3 Å². The lowest BCUT2D eigenvalue weighted by atomic mass is 9.81. The molecule has 1 aromatic carbocycles. The zero-order valence-corrected chi connectivity index (χ0v) is 17.6. The van der Waals surface area contributed by atoms with Crippen LogP contribution in [-0.2, 0) is 30.8 Å². The van der Waals surface area contributed by atoms with E-state index in [0.717, 1.165) is 5.46 Å². The second kappa shape index (κ2) is 9.61. The molecule has 0 spiro atoms. The highest BCUT2D eigenvalue weighted by molar-refractivity contribution is 7.85. The van der Waals surface area contributed by atoms with Crippen molar-refractivity contribution >= 4 is 56.5 Å². The van der Waals surface area contributed by atoms with Crippen LogP contribution in [0.1, 0.15) is 5.56 Å². The minimum atomic E-state index is -6.47. The van der Waals surface area contributed by atoms with Gasteiger partial charge in [0.1, 0.15) is 35.0 Å². The van der Waals surface area contributed by atoms with Gasteiger partial charge in [-0.1, -0.05) is 23.9 Å². The molecular formula is C15H15B3F6O7S. The van der Waals surface area contributed by atoms with E-state index in [1.807, 2.05) is 0 Å². The predicted octanol–water partition coefficient (Wildman–Crippen LogP) is -1.91. The Labute approximate surface area is 181 Å². The summed E-state index contributed by atoms with van der Waals surface area (Å²) in [5.41, 5.74) is -3.64. The van der Waals surface area contributed by atoms with Gasteiger partial charge in [-0.2, -0.15) is 34.8 Å². The standard InChI is InChI=1S/C15H15B3F6O7S/c16-5-7-3-8(17)4-9(18)12(7)30-10(25)1-2-11(26)31-13(14(19,20)21,15(22,23)24)6-32(27,28)29/h1-4H,5-6,16-18H2,(H,27,28,29)/b2-1+. The normalized spacial score (nSPS) is 13.2. The van der Waals surface area contributed by atoms with Crippen molar-refractivity contribution in [2.24, 2.45) is 0 Å². The summed E-state index contributed by atoms with van der Waals surface area (Å²) in [5.74, 6) is -6.61. The molecule has 1 aromatic rings. The second-order valence-corrected chi connectivity index (χ2v) is 8.10. The highest BCUT2D eigenvalue weighted by Gasteiger charge is 2.75. The van der Waals surface area contributed by atoms with Crippen LogP contribution in [0.3, 0.4) is 0 Å². The number of esters is 2. The molecule has 0 aliphatic carbocycles. The number of carbonyl (C=O) groups is 2. The first-order valence-corrected chi connectivity index (χ1v) is 10.3. The number of alkyl halides is 6. The number of benzene rings is 1. The molecule has 0 amide bonds. The zero-order valence-electron chi connectivity index (χ0n) is 16.8. The lowest BCUT2D eigenvalue weighted by molar-refractivity contribution is -0.360. The molecule has 1 rings (SSSR count). The molecular weight excluding hydrogens is 471 g/mol. The van der Waals surface area contributed by atoms with E-state index in [1.165, 1.54) is 0 Å². The maximum Gasteiger partial charge on any atom is 0.438 e. The Morgan fingerprint density at radius 1 is 1.00 bits per heavy atom. The molecule has 0 atom stereocenters. The van der Waals surface area contributed by atoms with E-state index in [0.29, 0.717) is 17.3 Å². The molecule has 0 saturated carbocycles. The fourth-order valence-corrected chi connectivity index (χ4v) is 3.55. The molecule has 7 nitrogen and oxygen atoms in total. The third-order valence-electron chi connectivity index (χ3n) is 4.01. The molecule has 0 bridgehead atoms. The second-order valence-electron chi connectivity index (χ2n) is 6.65. The Kier molecular flexibility index (Phi) is 8.29. The van der Waals surface area contributed by atoms with E-state index in [2.05, 4.69) is 4.74 Å². The third kappa shape index (κ3) is 6.79. The highest BCUT2D eigenvalue weighted by Crippen LogP contribution is 2.46. The van der Waals surface area contributed by atoms with Gasteiger partial charge in [0.2, 0.25) is 0 Å². The molecule has 0 fully saturated rings. The summed E-state index contributed by atoms with van der Waals surface area (Å²) in [6, 6.07) is 3.33. The average molecular weight is 486 g/mol. The third-order valence-corrected chi connectivity index (χ3v) is 4.78. The summed E-state index contributed by atoms with van der Waals surface area (Å²) < 4.78 is 117. The van der Waals surface area contributed by atoms with E-state index < -0.39 is 45.8 Å². The number of hydrogen-bond acceptors (Lipinski definition) is 6. The molecule has 1 N–H and O–H groups in total. The van der Waals surface area contributed by atoms with Gasteiger partial charge in [0.15, 0.2) is 0 Å². The summed E-state index contributed by atoms with van der Waals surface area (Å²) in [5, 5.41) is 0. The number of halogens is 6. The Morgan fingerprint density at radius 3 is 1.94 bits per heavy atom. The van der Waals surface area contributed by atoms with Crippen molar-refractivity contribution in [3.05, 3.63) is 29.8 Å². The van der Waals surface area contributed by atoms with Gasteiger partial charge in [0.05, 0.1) is 0 Å². The summed E-state index contributed by atoms with van der Waals surface area (Å²) in [7, 11) is -0.819. The van der Waals surface area contributed by atoms with Crippen LogP contribution in [0.4, 0.5) is 26.3 Å². The first-order chi connectivity index (χ1) is 14.3. The molecule has 0 aliphatic rings. The fraction of sp³-hybridized carbons (Fsp3) is 0.333. The van der Waals surface area contributed by atoms with Crippen LogP contribution in [0.25, 0.3) is 0 Å². The van der Waals surface area contributed by atoms with Crippen LogP contribution in [0, 0.1) is 0 Å². The minimum absolute atomic E-state index is 0.0896. The first-order valence-electron chi connectivity index (χ1n) is 8.64. The quantitative estimate of drug-likeness (QED) is 0.120.